The van der Waals surface area contributed by atoms with Crippen LogP contribution in [0.5, 0.6) is 0 Å². The van der Waals surface area contributed by atoms with Crippen LogP contribution in [0.4, 0.5) is 0 Å². The van der Waals surface area contributed by atoms with E-state index in [-0.39, 0.29) is 5.91 Å². The van der Waals surface area contributed by atoms with Gasteiger partial charge in [0.25, 0.3) is 5.91 Å². The highest BCUT2D eigenvalue weighted by Crippen LogP contribution is 2.20. The van der Waals surface area contributed by atoms with Gasteiger partial charge < -0.3 is 9.73 Å². The third kappa shape index (κ3) is 4.48. The number of carbonyl (C=O) groups excluding carboxylic acids is 1. The Morgan fingerprint density at radius 2 is 1.92 bits per heavy atom. The molecule has 24 heavy (non-hydrogen) atoms. The van der Waals surface area contributed by atoms with E-state index in [1.807, 2.05) is 6.07 Å². The predicted octanol–water partition coefficient (Wildman–Crippen LogP) is 4.20. The minimum absolute atomic E-state index is 0.192. The van der Waals surface area contributed by atoms with Crippen LogP contribution in [0.2, 0.25) is 0 Å². The van der Waals surface area contributed by atoms with Crippen molar-refractivity contribution in [1.82, 2.24) is 10.2 Å². The molecule has 0 radical (unpaired) electrons. The van der Waals surface area contributed by atoms with Gasteiger partial charge >= 0.3 is 0 Å². The van der Waals surface area contributed by atoms with Crippen LogP contribution in [0.3, 0.4) is 0 Å². The molecular weight excluding hydrogens is 368 g/mol. The fraction of sp³-hybridized carbons (Fsp3) is 0.421. The number of hydrogen-bond acceptors (Lipinski definition) is 3. The maximum absolute atomic E-state index is 12.1. The molecule has 5 heteroatoms. The van der Waals surface area contributed by atoms with Crippen molar-refractivity contribution < 1.29 is 9.21 Å². The first-order valence-electron chi connectivity index (χ1n) is 8.44. The summed E-state index contributed by atoms with van der Waals surface area (Å²) in [6, 6.07) is 11.7. The van der Waals surface area contributed by atoms with Gasteiger partial charge in [0.05, 0.1) is 0 Å². The van der Waals surface area contributed by atoms with E-state index in [0.717, 1.165) is 31.1 Å². The lowest BCUT2D eigenvalue weighted by Crippen LogP contribution is -2.33. The van der Waals surface area contributed by atoms with E-state index < -0.39 is 0 Å². The van der Waals surface area contributed by atoms with Crippen molar-refractivity contribution >= 4 is 21.8 Å². The number of carbonyl (C=O) groups is 1. The summed E-state index contributed by atoms with van der Waals surface area (Å²) >= 11 is 3.22. The molecule has 0 unspecified atom stereocenters. The molecule has 4 nitrogen and oxygen atoms in total. The molecule has 1 aliphatic rings. The van der Waals surface area contributed by atoms with Gasteiger partial charge in [-0.1, -0.05) is 31.2 Å². The molecule has 3 rings (SSSR count). The summed E-state index contributed by atoms with van der Waals surface area (Å²) in [4.78, 5) is 14.6. The van der Waals surface area contributed by atoms with Gasteiger partial charge in [-0.05, 0) is 71.0 Å². The van der Waals surface area contributed by atoms with Crippen molar-refractivity contribution in [3.05, 3.63) is 58.0 Å². The van der Waals surface area contributed by atoms with Crippen molar-refractivity contribution in [3.8, 4) is 0 Å². The van der Waals surface area contributed by atoms with E-state index in [1.165, 1.54) is 18.4 Å². The van der Waals surface area contributed by atoms with E-state index in [0.29, 0.717) is 17.0 Å². The van der Waals surface area contributed by atoms with E-state index in [4.69, 9.17) is 4.42 Å². The van der Waals surface area contributed by atoms with Crippen LogP contribution in [-0.4, -0.2) is 23.9 Å². The van der Waals surface area contributed by atoms with Crippen LogP contribution in [0, 0.1) is 5.92 Å². The lowest BCUT2D eigenvalue weighted by Gasteiger charge is -2.30. The molecule has 2 heterocycles. The van der Waals surface area contributed by atoms with Crippen LogP contribution >= 0.6 is 15.9 Å². The first-order valence-corrected chi connectivity index (χ1v) is 9.24. The molecule has 1 fully saturated rings. The highest BCUT2D eigenvalue weighted by Gasteiger charge is 2.17. The number of nitrogens with zero attached hydrogens (tertiary/aromatic N) is 1. The predicted molar refractivity (Wildman–Crippen MR) is 97.7 cm³/mol. The Balaban J connectivity index is 1.60. The molecule has 1 aromatic carbocycles. The molecule has 0 saturated carbocycles. The highest BCUT2D eigenvalue weighted by molar-refractivity contribution is 9.10. The minimum atomic E-state index is -0.192. The molecule has 0 aliphatic carbocycles. The Morgan fingerprint density at radius 3 is 2.58 bits per heavy atom. The summed E-state index contributed by atoms with van der Waals surface area (Å²) in [6.45, 7) is 6.10. The molecule has 1 saturated heterocycles. The van der Waals surface area contributed by atoms with Gasteiger partial charge in [-0.25, -0.2) is 0 Å². The second kappa shape index (κ2) is 7.99. The number of likely N-dealkylation sites (tertiary alicyclic amines) is 1. The van der Waals surface area contributed by atoms with Crippen molar-refractivity contribution in [2.24, 2.45) is 5.92 Å². The van der Waals surface area contributed by atoms with Gasteiger partial charge in [0, 0.05) is 13.1 Å². The van der Waals surface area contributed by atoms with Gasteiger partial charge in [-0.15, -0.1) is 0 Å². The minimum Gasteiger partial charge on any atom is -0.444 e. The maximum atomic E-state index is 12.1. The smallest absolute Gasteiger partial charge is 0.287 e. The number of piperidine rings is 1. The third-order valence-electron chi connectivity index (χ3n) is 4.62. The Labute approximate surface area is 151 Å². The van der Waals surface area contributed by atoms with Crippen molar-refractivity contribution in [2.75, 3.05) is 13.1 Å². The lowest BCUT2D eigenvalue weighted by molar-refractivity contribution is 0.0921. The van der Waals surface area contributed by atoms with Gasteiger partial charge in [0.1, 0.15) is 0 Å². The molecular formula is C19H23BrN2O2. The van der Waals surface area contributed by atoms with Gasteiger partial charge in [0.2, 0.25) is 0 Å². The fourth-order valence-electron chi connectivity index (χ4n) is 3.04. The Kier molecular flexibility index (Phi) is 5.74. The molecule has 1 aliphatic heterocycles. The Bertz CT molecular complexity index is 690. The van der Waals surface area contributed by atoms with Crippen molar-refractivity contribution in [2.45, 2.75) is 32.9 Å². The summed E-state index contributed by atoms with van der Waals surface area (Å²) in [5.41, 5.74) is 2.45. The summed E-state index contributed by atoms with van der Waals surface area (Å²) in [5.74, 6) is 0.968. The Morgan fingerprint density at radius 1 is 1.21 bits per heavy atom. The van der Waals surface area contributed by atoms with Crippen LogP contribution in [-0.2, 0) is 13.1 Å². The van der Waals surface area contributed by atoms with Gasteiger partial charge in [-0.2, -0.15) is 0 Å². The molecule has 1 amide bonds. The molecule has 0 spiro atoms. The average molecular weight is 391 g/mol. The highest BCUT2D eigenvalue weighted by atomic mass is 79.9. The standard InChI is InChI=1S/C19H23BrN2O2/c1-14-8-10-22(11-9-14)13-16-5-3-2-4-15(16)12-21-19(23)17-6-7-18(20)24-17/h2-7,14H,8-13H2,1H3,(H,21,23). The van der Waals surface area contributed by atoms with E-state index in [9.17, 15) is 4.79 Å². The van der Waals surface area contributed by atoms with Gasteiger partial charge in [-0.3, -0.25) is 9.69 Å². The fourth-order valence-corrected chi connectivity index (χ4v) is 3.35. The lowest BCUT2D eigenvalue weighted by atomic mass is 9.98. The average Bonchev–Trinajstić information content (AvgIpc) is 3.02. The number of amides is 1. The Hall–Kier alpha value is -1.59. The van der Waals surface area contributed by atoms with Gasteiger partial charge in [0.15, 0.2) is 10.4 Å². The number of halogens is 1. The number of benzene rings is 1. The quantitative estimate of drug-likeness (QED) is 0.831. The zero-order valence-electron chi connectivity index (χ0n) is 13.9. The van der Waals surface area contributed by atoms with E-state index in [2.05, 4.69) is 51.3 Å². The molecule has 128 valence electrons. The summed E-state index contributed by atoms with van der Waals surface area (Å²) in [7, 11) is 0. The molecule has 2 aromatic rings. The summed E-state index contributed by atoms with van der Waals surface area (Å²) in [6.07, 6.45) is 2.54. The number of rotatable bonds is 5. The zero-order chi connectivity index (χ0) is 16.9. The van der Waals surface area contributed by atoms with Crippen molar-refractivity contribution in [1.29, 1.82) is 0 Å². The van der Waals surface area contributed by atoms with E-state index >= 15 is 0 Å². The molecule has 1 aromatic heterocycles. The first-order chi connectivity index (χ1) is 11.6. The summed E-state index contributed by atoms with van der Waals surface area (Å²) in [5, 5.41) is 2.94. The number of hydrogen-bond donors (Lipinski definition) is 1. The zero-order valence-corrected chi connectivity index (χ0v) is 15.5. The molecule has 1 N–H and O–H groups in total. The number of nitrogens with one attached hydrogen (secondary N) is 1. The second-order valence-electron chi connectivity index (χ2n) is 6.51. The van der Waals surface area contributed by atoms with Crippen LogP contribution in [0.25, 0.3) is 0 Å². The number of furan rings is 1. The topological polar surface area (TPSA) is 45.5 Å². The van der Waals surface area contributed by atoms with Crippen LogP contribution in [0.15, 0.2) is 45.5 Å². The third-order valence-corrected chi connectivity index (χ3v) is 5.05. The molecule has 0 atom stereocenters. The van der Waals surface area contributed by atoms with E-state index in [1.54, 1.807) is 12.1 Å². The van der Waals surface area contributed by atoms with Crippen LogP contribution in [0.1, 0.15) is 41.4 Å². The van der Waals surface area contributed by atoms with Crippen molar-refractivity contribution in [3.63, 3.8) is 0 Å². The maximum Gasteiger partial charge on any atom is 0.287 e. The largest absolute Gasteiger partial charge is 0.444 e. The first kappa shape index (κ1) is 17.2. The normalized spacial score (nSPS) is 16.2. The monoisotopic (exact) mass is 390 g/mol. The second-order valence-corrected chi connectivity index (χ2v) is 7.30. The molecule has 0 bridgehead atoms. The van der Waals surface area contributed by atoms with Crippen LogP contribution < -0.4 is 5.32 Å². The SMILES string of the molecule is CC1CCN(Cc2ccccc2CNC(=O)c2ccc(Br)o2)CC1. The summed E-state index contributed by atoms with van der Waals surface area (Å²) < 4.78 is 5.85.